The molecule has 1 heterocycles. The Balaban J connectivity index is 2.12. The van der Waals surface area contributed by atoms with E-state index < -0.39 is 19.2 Å². The standard InChI is InChI=1S/C18H19N2O5P/c1-24-26(23,25-2)16-13-17(21)19(14-9-5-3-6-10-14)20(18(16)22)15-11-7-4-8-12-15/h3-12,16H,13H2,1-2H3. The lowest BCUT2D eigenvalue weighted by Crippen LogP contribution is -2.59. The molecule has 0 aromatic heterocycles. The number of hydrogen-bond donors (Lipinski definition) is 0. The predicted octanol–water partition coefficient (Wildman–Crippen LogP) is 3.23. The van der Waals surface area contributed by atoms with Crippen molar-refractivity contribution in [3.63, 3.8) is 0 Å². The molecule has 1 fully saturated rings. The number of carbonyl (C=O) groups is 2. The number of amides is 2. The third-order valence-electron chi connectivity index (χ3n) is 4.19. The lowest BCUT2D eigenvalue weighted by Gasteiger charge is -2.41. The molecule has 8 heteroatoms. The van der Waals surface area contributed by atoms with E-state index in [2.05, 4.69) is 0 Å². The van der Waals surface area contributed by atoms with Crippen LogP contribution in [0, 0.1) is 0 Å². The van der Waals surface area contributed by atoms with Crippen molar-refractivity contribution in [3.05, 3.63) is 60.7 Å². The first-order chi connectivity index (χ1) is 12.5. The summed E-state index contributed by atoms with van der Waals surface area (Å²) in [7, 11) is -1.35. The average Bonchev–Trinajstić information content (AvgIpc) is 2.69. The van der Waals surface area contributed by atoms with Crippen LogP contribution >= 0.6 is 7.60 Å². The topological polar surface area (TPSA) is 76.2 Å². The summed E-state index contributed by atoms with van der Waals surface area (Å²) in [5.74, 6) is -0.898. The number of benzene rings is 2. The summed E-state index contributed by atoms with van der Waals surface area (Å²) in [6.45, 7) is 0. The number of rotatable bonds is 5. The van der Waals surface area contributed by atoms with E-state index in [4.69, 9.17) is 9.05 Å². The second-order valence-corrected chi connectivity index (χ2v) is 8.08. The molecule has 3 rings (SSSR count). The number of anilines is 2. The van der Waals surface area contributed by atoms with Crippen LogP contribution in [0.4, 0.5) is 11.4 Å². The molecule has 0 N–H and O–H groups in total. The summed E-state index contributed by atoms with van der Waals surface area (Å²) in [5, 5.41) is 2.53. The third-order valence-corrected chi connectivity index (χ3v) is 6.38. The highest BCUT2D eigenvalue weighted by molar-refractivity contribution is 7.55. The lowest BCUT2D eigenvalue weighted by molar-refractivity contribution is -0.128. The van der Waals surface area contributed by atoms with Gasteiger partial charge in [0.05, 0.1) is 17.8 Å². The minimum absolute atomic E-state index is 0.268. The molecule has 7 nitrogen and oxygen atoms in total. The maximum Gasteiger partial charge on any atom is 0.343 e. The van der Waals surface area contributed by atoms with Gasteiger partial charge in [0.1, 0.15) is 0 Å². The molecule has 0 spiro atoms. The average molecular weight is 374 g/mol. The van der Waals surface area contributed by atoms with Crippen molar-refractivity contribution in [2.75, 3.05) is 24.2 Å². The van der Waals surface area contributed by atoms with Crippen LogP contribution in [-0.2, 0) is 23.2 Å². The molecule has 2 amide bonds. The van der Waals surface area contributed by atoms with Gasteiger partial charge in [-0.15, -0.1) is 0 Å². The Labute approximate surface area is 151 Å². The second kappa shape index (κ2) is 7.41. The van der Waals surface area contributed by atoms with Crippen molar-refractivity contribution < 1.29 is 23.2 Å². The normalized spacial score (nSPS) is 18.3. The fourth-order valence-corrected chi connectivity index (χ4v) is 4.32. The molecule has 2 aromatic carbocycles. The van der Waals surface area contributed by atoms with Gasteiger partial charge in [-0.1, -0.05) is 36.4 Å². The largest absolute Gasteiger partial charge is 0.343 e. The molecule has 0 aliphatic carbocycles. The van der Waals surface area contributed by atoms with Crippen LogP contribution < -0.4 is 10.0 Å². The summed E-state index contributed by atoms with van der Waals surface area (Å²) in [5.41, 5.74) is -0.179. The first kappa shape index (κ1) is 18.3. The summed E-state index contributed by atoms with van der Waals surface area (Å²) in [6.07, 6.45) is -0.268. The Bertz CT molecular complexity index is 835. The monoisotopic (exact) mass is 374 g/mol. The molecule has 1 atom stereocenters. The second-order valence-electron chi connectivity index (χ2n) is 5.65. The van der Waals surface area contributed by atoms with E-state index in [0.717, 1.165) is 0 Å². The van der Waals surface area contributed by atoms with Gasteiger partial charge in [-0.2, -0.15) is 0 Å². The zero-order chi connectivity index (χ0) is 18.7. The Kier molecular flexibility index (Phi) is 5.23. The smallest absolute Gasteiger partial charge is 0.311 e. The number of hydrazine groups is 1. The fourth-order valence-electron chi connectivity index (χ4n) is 2.91. The predicted molar refractivity (Wildman–Crippen MR) is 97.9 cm³/mol. The van der Waals surface area contributed by atoms with Crippen LogP contribution in [0.3, 0.4) is 0 Å². The minimum Gasteiger partial charge on any atom is -0.311 e. The molecule has 136 valence electrons. The Hall–Kier alpha value is -2.47. The van der Waals surface area contributed by atoms with Gasteiger partial charge in [-0.05, 0) is 24.3 Å². The van der Waals surface area contributed by atoms with Crippen molar-refractivity contribution in [2.24, 2.45) is 0 Å². The van der Waals surface area contributed by atoms with Crippen molar-refractivity contribution in [1.29, 1.82) is 0 Å². The van der Waals surface area contributed by atoms with Crippen molar-refractivity contribution in [1.82, 2.24) is 0 Å². The summed E-state index contributed by atoms with van der Waals surface area (Å²) >= 11 is 0. The highest BCUT2D eigenvalue weighted by Crippen LogP contribution is 2.55. The van der Waals surface area contributed by atoms with Gasteiger partial charge in [-0.3, -0.25) is 14.2 Å². The molecular weight excluding hydrogens is 355 g/mol. The van der Waals surface area contributed by atoms with Gasteiger partial charge < -0.3 is 9.05 Å². The van der Waals surface area contributed by atoms with E-state index in [-0.39, 0.29) is 12.3 Å². The van der Waals surface area contributed by atoms with Gasteiger partial charge in [0.25, 0.3) is 5.91 Å². The quantitative estimate of drug-likeness (QED) is 0.751. The summed E-state index contributed by atoms with van der Waals surface area (Å²) in [6, 6.07) is 17.6. The maximum atomic E-state index is 13.2. The molecule has 1 aliphatic rings. The molecule has 2 aromatic rings. The van der Waals surface area contributed by atoms with Gasteiger partial charge in [0, 0.05) is 14.2 Å². The SMILES string of the molecule is COP(=O)(OC)C1CC(=O)N(c2ccccc2)N(c2ccccc2)C1=O. The molecular formula is C18H19N2O5P. The van der Waals surface area contributed by atoms with E-state index in [0.29, 0.717) is 11.4 Å². The van der Waals surface area contributed by atoms with Crippen LogP contribution in [0.1, 0.15) is 6.42 Å². The highest BCUT2D eigenvalue weighted by Gasteiger charge is 2.50. The van der Waals surface area contributed by atoms with E-state index in [9.17, 15) is 14.2 Å². The van der Waals surface area contributed by atoms with E-state index in [1.165, 1.54) is 24.2 Å². The zero-order valence-electron chi connectivity index (χ0n) is 14.4. The molecule has 0 radical (unpaired) electrons. The van der Waals surface area contributed by atoms with E-state index >= 15 is 0 Å². The van der Waals surface area contributed by atoms with Gasteiger partial charge >= 0.3 is 7.60 Å². The minimum atomic E-state index is -3.76. The fraction of sp³-hybridized carbons (Fsp3) is 0.222. The van der Waals surface area contributed by atoms with Crippen molar-refractivity contribution >= 4 is 30.8 Å². The number of nitrogens with zero attached hydrogens (tertiary/aromatic N) is 2. The third kappa shape index (κ3) is 3.17. The van der Waals surface area contributed by atoms with Crippen LogP contribution in [0.25, 0.3) is 0 Å². The van der Waals surface area contributed by atoms with Crippen LogP contribution in [-0.4, -0.2) is 31.7 Å². The number of hydrogen-bond acceptors (Lipinski definition) is 5. The molecule has 1 aliphatic heterocycles. The Morgan fingerprint density at radius 2 is 1.31 bits per heavy atom. The van der Waals surface area contributed by atoms with Crippen molar-refractivity contribution in [2.45, 2.75) is 12.1 Å². The lowest BCUT2D eigenvalue weighted by atomic mass is 10.1. The van der Waals surface area contributed by atoms with E-state index in [1.807, 2.05) is 6.07 Å². The Morgan fingerprint density at radius 1 is 0.846 bits per heavy atom. The summed E-state index contributed by atoms with van der Waals surface area (Å²) < 4.78 is 22.8. The zero-order valence-corrected chi connectivity index (χ0v) is 15.3. The number of para-hydroxylation sites is 2. The van der Waals surface area contributed by atoms with Gasteiger partial charge in [0.15, 0.2) is 5.66 Å². The molecule has 1 unspecified atom stereocenters. The molecule has 0 bridgehead atoms. The molecule has 0 saturated carbocycles. The first-order valence-electron chi connectivity index (χ1n) is 8.00. The highest BCUT2D eigenvalue weighted by atomic mass is 31.2. The molecule has 1 saturated heterocycles. The van der Waals surface area contributed by atoms with Gasteiger partial charge in [-0.25, -0.2) is 10.0 Å². The first-order valence-corrected chi connectivity index (χ1v) is 9.61. The van der Waals surface area contributed by atoms with E-state index in [1.54, 1.807) is 54.6 Å². The number of carbonyl (C=O) groups excluding carboxylic acids is 2. The van der Waals surface area contributed by atoms with Crippen LogP contribution in [0.2, 0.25) is 0 Å². The summed E-state index contributed by atoms with van der Waals surface area (Å²) in [4.78, 5) is 26.1. The van der Waals surface area contributed by atoms with Crippen LogP contribution in [0.5, 0.6) is 0 Å². The van der Waals surface area contributed by atoms with Gasteiger partial charge in [0.2, 0.25) is 5.91 Å². The van der Waals surface area contributed by atoms with Crippen molar-refractivity contribution in [3.8, 4) is 0 Å². The maximum absolute atomic E-state index is 13.2. The Morgan fingerprint density at radius 3 is 1.77 bits per heavy atom. The molecule has 26 heavy (non-hydrogen) atoms. The van der Waals surface area contributed by atoms with Crippen LogP contribution in [0.15, 0.2) is 60.7 Å².